The zero-order valence-electron chi connectivity index (χ0n) is 11.1. The molecular weight excluding hydrogens is 262 g/mol. The first-order chi connectivity index (χ1) is 9.65. The number of hydrogen-bond donors (Lipinski definition) is 0. The van der Waals surface area contributed by atoms with Crippen LogP contribution in [0.5, 0.6) is 0 Å². The molecule has 0 aliphatic heterocycles. The van der Waals surface area contributed by atoms with Gasteiger partial charge in [0.15, 0.2) is 5.69 Å². The molecule has 0 aliphatic carbocycles. The molecule has 7 nitrogen and oxygen atoms in total. The Kier molecular flexibility index (Phi) is 4.09. The van der Waals surface area contributed by atoms with Gasteiger partial charge in [-0.3, -0.25) is 0 Å². The van der Waals surface area contributed by atoms with Gasteiger partial charge < -0.3 is 9.47 Å². The van der Waals surface area contributed by atoms with E-state index in [2.05, 4.69) is 15.0 Å². The van der Waals surface area contributed by atoms with Crippen molar-refractivity contribution >= 4 is 11.9 Å². The van der Waals surface area contributed by atoms with E-state index < -0.39 is 11.9 Å². The van der Waals surface area contributed by atoms with E-state index in [4.69, 9.17) is 4.74 Å². The molecule has 20 heavy (non-hydrogen) atoms. The lowest BCUT2D eigenvalue weighted by atomic mass is 10.2. The van der Waals surface area contributed by atoms with Crippen molar-refractivity contribution < 1.29 is 19.1 Å². The normalized spacial score (nSPS) is 10.1. The highest BCUT2D eigenvalue weighted by Gasteiger charge is 2.13. The minimum Gasteiger partial charge on any atom is -0.464 e. The fourth-order valence-corrected chi connectivity index (χ4v) is 1.58. The second kappa shape index (κ2) is 5.96. The van der Waals surface area contributed by atoms with Crippen LogP contribution in [0.1, 0.15) is 27.8 Å². The van der Waals surface area contributed by atoms with Gasteiger partial charge >= 0.3 is 11.9 Å². The lowest BCUT2D eigenvalue weighted by Gasteiger charge is -2.04. The number of carbonyl (C=O) groups excluding carboxylic acids is 2. The first kappa shape index (κ1) is 13.7. The van der Waals surface area contributed by atoms with Crippen LogP contribution in [0.25, 0.3) is 5.69 Å². The van der Waals surface area contributed by atoms with Gasteiger partial charge in [0.25, 0.3) is 0 Å². The Labute approximate surface area is 115 Å². The standard InChI is InChI=1S/C13H13N3O4/c1-3-20-12(17)9-5-4-6-10(7-9)16-8-11(14-15-16)13(18)19-2/h4-8H,3H2,1-2H3. The number of methoxy groups -OCH3 is 1. The largest absolute Gasteiger partial charge is 0.464 e. The predicted molar refractivity (Wildman–Crippen MR) is 68.7 cm³/mol. The van der Waals surface area contributed by atoms with Crippen LogP contribution >= 0.6 is 0 Å². The number of aromatic nitrogens is 3. The van der Waals surface area contributed by atoms with Crippen LogP contribution in [0.4, 0.5) is 0 Å². The van der Waals surface area contributed by atoms with E-state index in [9.17, 15) is 9.59 Å². The number of rotatable bonds is 4. The molecule has 0 amide bonds. The average Bonchev–Trinajstić information content (AvgIpc) is 2.96. The first-order valence-corrected chi connectivity index (χ1v) is 5.94. The van der Waals surface area contributed by atoms with Crippen LogP contribution < -0.4 is 0 Å². The van der Waals surface area contributed by atoms with Gasteiger partial charge in [0.1, 0.15) is 0 Å². The maximum atomic E-state index is 11.6. The summed E-state index contributed by atoms with van der Waals surface area (Å²) in [5.41, 5.74) is 1.09. The zero-order chi connectivity index (χ0) is 14.5. The van der Waals surface area contributed by atoms with Crippen LogP contribution in [0.2, 0.25) is 0 Å². The molecule has 1 aromatic heterocycles. The van der Waals surface area contributed by atoms with Crippen molar-refractivity contribution in [2.24, 2.45) is 0 Å². The molecule has 0 bridgehead atoms. The van der Waals surface area contributed by atoms with Crippen LogP contribution in [-0.4, -0.2) is 40.6 Å². The Bertz CT molecular complexity index is 636. The van der Waals surface area contributed by atoms with Crippen molar-refractivity contribution in [1.29, 1.82) is 0 Å². The maximum Gasteiger partial charge on any atom is 0.360 e. The molecule has 0 saturated carbocycles. The van der Waals surface area contributed by atoms with Crippen molar-refractivity contribution in [2.75, 3.05) is 13.7 Å². The first-order valence-electron chi connectivity index (χ1n) is 5.94. The van der Waals surface area contributed by atoms with E-state index in [1.807, 2.05) is 0 Å². The van der Waals surface area contributed by atoms with E-state index in [1.165, 1.54) is 18.0 Å². The lowest BCUT2D eigenvalue weighted by Crippen LogP contribution is -2.06. The van der Waals surface area contributed by atoms with Crippen molar-refractivity contribution in [3.63, 3.8) is 0 Å². The third-order valence-electron chi connectivity index (χ3n) is 2.51. The lowest BCUT2D eigenvalue weighted by molar-refractivity contribution is 0.0525. The second-order valence-corrected chi connectivity index (χ2v) is 3.81. The Morgan fingerprint density at radius 2 is 2.10 bits per heavy atom. The molecular formula is C13H13N3O4. The molecule has 2 aromatic rings. The van der Waals surface area contributed by atoms with Gasteiger partial charge in [-0.25, -0.2) is 14.3 Å². The van der Waals surface area contributed by atoms with Gasteiger partial charge in [-0.1, -0.05) is 11.3 Å². The Hall–Kier alpha value is -2.70. The molecule has 0 N–H and O–H groups in total. The monoisotopic (exact) mass is 275 g/mol. The topological polar surface area (TPSA) is 83.3 Å². The molecule has 0 saturated heterocycles. The highest BCUT2D eigenvalue weighted by atomic mass is 16.5. The number of carbonyl (C=O) groups is 2. The molecule has 2 rings (SSSR count). The predicted octanol–water partition coefficient (Wildman–Crippen LogP) is 1.23. The summed E-state index contributed by atoms with van der Waals surface area (Å²) in [6.07, 6.45) is 1.43. The fourth-order valence-electron chi connectivity index (χ4n) is 1.58. The minimum absolute atomic E-state index is 0.0917. The van der Waals surface area contributed by atoms with Crippen LogP contribution in [0.3, 0.4) is 0 Å². The van der Waals surface area contributed by atoms with Gasteiger partial charge in [-0.15, -0.1) is 5.10 Å². The van der Waals surface area contributed by atoms with Gasteiger partial charge in [0.05, 0.1) is 31.2 Å². The summed E-state index contributed by atoms with van der Waals surface area (Å²) in [7, 11) is 1.27. The summed E-state index contributed by atoms with van der Waals surface area (Å²) in [6, 6.07) is 6.67. The maximum absolute atomic E-state index is 11.6. The van der Waals surface area contributed by atoms with Gasteiger partial charge in [-0.05, 0) is 25.1 Å². The van der Waals surface area contributed by atoms with Crippen LogP contribution in [0.15, 0.2) is 30.5 Å². The molecule has 1 heterocycles. The molecule has 0 aliphatic rings. The SMILES string of the molecule is CCOC(=O)c1cccc(-n2cc(C(=O)OC)nn2)c1. The highest BCUT2D eigenvalue weighted by Crippen LogP contribution is 2.11. The molecule has 0 unspecified atom stereocenters. The van der Waals surface area contributed by atoms with Crippen molar-refractivity contribution in [2.45, 2.75) is 6.92 Å². The molecule has 104 valence electrons. The number of esters is 2. The van der Waals surface area contributed by atoms with E-state index in [-0.39, 0.29) is 5.69 Å². The summed E-state index contributed by atoms with van der Waals surface area (Å²) < 4.78 is 10.9. The summed E-state index contributed by atoms with van der Waals surface area (Å²) in [4.78, 5) is 23.0. The quantitative estimate of drug-likeness (QED) is 0.780. The second-order valence-electron chi connectivity index (χ2n) is 3.81. The molecule has 0 fully saturated rings. The third-order valence-corrected chi connectivity index (χ3v) is 2.51. The van der Waals surface area contributed by atoms with Crippen molar-refractivity contribution in [1.82, 2.24) is 15.0 Å². The van der Waals surface area contributed by atoms with Crippen molar-refractivity contribution in [3.05, 3.63) is 41.7 Å². The van der Waals surface area contributed by atoms with E-state index >= 15 is 0 Å². The van der Waals surface area contributed by atoms with Gasteiger partial charge in [0, 0.05) is 0 Å². The third kappa shape index (κ3) is 2.82. The summed E-state index contributed by atoms with van der Waals surface area (Å²) in [5, 5.41) is 7.51. The fraction of sp³-hybridized carbons (Fsp3) is 0.231. The highest BCUT2D eigenvalue weighted by molar-refractivity contribution is 5.90. The van der Waals surface area contributed by atoms with E-state index in [1.54, 1.807) is 31.2 Å². The Morgan fingerprint density at radius 3 is 2.80 bits per heavy atom. The van der Waals surface area contributed by atoms with Crippen molar-refractivity contribution in [3.8, 4) is 5.69 Å². The average molecular weight is 275 g/mol. The van der Waals surface area contributed by atoms with Gasteiger partial charge in [-0.2, -0.15) is 0 Å². The summed E-state index contributed by atoms with van der Waals surface area (Å²) in [5.74, 6) is -0.986. The number of nitrogens with zero attached hydrogens (tertiary/aromatic N) is 3. The Morgan fingerprint density at radius 1 is 1.30 bits per heavy atom. The van der Waals surface area contributed by atoms with Crippen LogP contribution in [-0.2, 0) is 9.47 Å². The van der Waals surface area contributed by atoms with Gasteiger partial charge in [0.2, 0.25) is 0 Å². The molecule has 0 radical (unpaired) electrons. The summed E-state index contributed by atoms with van der Waals surface area (Å²) in [6.45, 7) is 2.04. The van der Waals surface area contributed by atoms with Crippen LogP contribution in [0, 0.1) is 0 Å². The minimum atomic E-state index is -0.571. The van der Waals surface area contributed by atoms with E-state index in [0.29, 0.717) is 17.9 Å². The molecule has 1 aromatic carbocycles. The molecule has 0 atom stereocenters. The summed E-state index contributed by atoms with van der Waals surface area (Å²) >= 11 is 0. The molecule has 0 spiro atoms. The molecule has 7 heteroatoms. The number of benzene rings is 1. The smallest absolute Gasteiger partial charge is 0.360 e. The van der Waals surface area contributed by atoms with E-state index in [0.717, 1.165) is 0 Å². The zero-order valence-corrected chi connectivity index (χ0v) is 11.1. The Balaban J connectivity index is 2.29. The number of ether oxygens (including phenoxy) is 2. The number of hydrogen-bond acceptors (Lipinski definition) is 6.